The van der Waals surface area contributed by atoms with Crippen molar-refractivity contribution in [1.82, 2.24) is 0 Å². The van der Waals surface area contributed by atoms with Gasteiger partial charge >= 0.3 is 6.85 Å². The van der Waals surface area contributed by atoms with Gasteiger partial charge in [-0.1, -0.05) is 177 Å². The highest BCUT2D eigenvalue weighted by atomic mass is 32.1. The second-order valence-corrected chi connectivity index (χ2v) is 22.3. The minimum Gasteiger partial charge on any atom is -0.440 e. The van der Waals surface area contributed by atoms with Crippen LogP contribution in [0.3, 0.4) is 0 Å². The van der Waals surface area contributed by atoms with Gasteiger partial charge in [0, 0.05) is 70.2 Å². The van der Waals surface area contributed by atoms with Crippen LogP contribution in [0.15, 0.2) is 168 Å². The average molecular weight is 871 g/mol. The van der Waals surface area contributed by atoms with Crippen molar-refractivity contribution < 1.29 is 4.42 Å². The summed E-state index contributed by atoms with van der Waals surface area (Å²) in [5.41, 5.74) is 20.8. The third kappa shape index (κ3) is 5.44. The molecule has 0 amide bonds. The number of hydrogen-bond donors (Lipinski definition) is 0. The largest absolute Gasteiger partial charge is 0.440 e. The van der Waals surface area contributed by atoms with E-state index in [0.717, 1.165) is 28.2 Å². The molecule has 1 aliphatic carbocycles. The third-order valence-electron chi connectivity index (χ3n) is 15.0. The molecule has 0 bridgehead atoms. The number of hydrogen-bond acceptors (Lipinski definition) is 4. The van der Waals surface area contributed by atoms with E-state index < -0.39 is 0 Å². The summed E-state index contributed by atoms with van der Waals surface area (Å²) in [4.78, 5) is 5.21. The Kier molecular flexibility index (Phi) is 8.16. The van der Waals surface area contributed by atoms with Gasteiger partial charge in [-0.15, -0.1) is 11.3 Å². The van der Waals surface area contributed by atoms with E-state index in [9.17, 15) is 0 Å². The summed E-state index contributed by atoms with van der Waals surface area (Å²) in [6, 6.07) is 61.7. The topological polar surface area (TPSA) is 19.6 Å². The quantitative estimate of drug-likeness (QED) is 0.165. The highest BCUT2D eigenvalue weighted by Crippen LogP contribution is 2.60. The van der Waals surface area contributed by atoms with Crippen LogP contribution in [0.5, 0.6) is 0 Å². The first kappa shape index (κ1) is 39.5. The molecule has 0 spiro atoms. The summed E-state index contributed by atoms with van der Waals surface area (Å²) in [6.07, 6.45) is 0. The summed E-state index contributed by atoms with van der Waals surface area (Å²) in [7, 11) is 0. The number of thiophene rings is 1. The van der Waals surface area contributed by atoms with Gasteiger partial charge in [-0.05, 0) is 97.7 Å². The van der Waals surface area contributed by atoms with E-state index in [0.29, 0.717) is 0 Å². The number of furan rings is 1. The number of nitrogens with zero attached hydrogens (tertiary/aromatic N) is 2. The standard InChI is InChI=1S/C61H51BN2OS/c1-59(2,3)37-26-29-39(30-27-37)64-56-44(32-31-42-40-20-12-15-23-47(40)61(7,8)53(42)56)52-55-49(35-46-41-21-14-17-25-51(41)66-57(46)52)63(58-54(62(55)64)43-22-13-16-24-50(43)65-58)48-33-28-38(60(4,5)6)34-45(48)36-18-10-9-11-19-36/h9-35H,1-8H3. The molecule has 3 nitrogen and oxygen atoms in total. The molecule has 10 aromatic rings. The summed E-state index contributed by atoms with van der Waals surface area (Å²) < 4.78 is 10.0. The Balaban J connectivity index is 1.23. The number of benzene rings is 8. The fraction of sp³-hybridized carbons (Fsp3) is 0.180. The van der Waals surface area contributed by atoms with E-state index in [4.69, 9.17) is 4.42 Å². The fourth-order valence-electron chi connectivity index (χ4n) is 11.7. The molecule has 0 atom stereocenters. The SMILES string of the molecule is CC(C)(C)c1ccc(N2B3c4c(cc5c(sc6ccccc65)c4-c4ccc5c(c42)C(C)(C)c2ccccc2-5)N(c2ccc(C(C)(C)C)cc2-c2ccccc2)c2oc4ccccc4c23)cc1. The normalized spacial score (nSPS) is 14.7. The maximum Gasteiger partial charge on any atom is 0.337 e. The van der Waals surface area contributed by atoms with Gasteiger partial charge in [0.2, 0.25) is 5.88 Å². The predicted octanol–water partition coefficient (Wildman–Crippen LogP) is 16.1. The van der Waals surface area contributed by atoms with Crippen molar-refractivity contribution in [2.24, 2.45) is 0 Å². The van der Waals surface area contributed by atoms with E-state index in [1.165, 1.54) is 98.1 Å². The van der Waals surface area contributed by atoms with E-state index in [2.05, 4.69) is 229 Å². The van der Waals surface area contributed by atoms with Crippen LogP contribution in [0, 0.1) is 0 Å². The smallest absolute Gasteiger partial charge is 0.337 e. The molecular formula is C61H51BN2OS. The molecule has 2 aliphatic heterocycles. The zero-order valence-corrected chi connectivity index (χ0v) is 39.7. The van der Waals surface area contributed by atoms with Gasteiger partial charge in [-0.25, -0.2) is 0 Å². The lowest BCUT2D eigenvalue weighted by Crippen LogP contribution is -2.61. The van der Waals surface area contributed by atoms with Gasteiger partial charge in [0.1, 0.15) is 5.58 Å². The lowest BCUT2D eigenvalue weighted by molar-refractivity contribution is 0.590. The summed E-state index contributed by atoms with van der Waals surface area (Å²) in [5.74, 6) is 0.870. The average Bonchev–Trinajstić information content (AvgIpc) is 3.96. The van der Waals surface area contributed by atoms with E-state index in [1.807, 2.05) is 11.3 Å². The Bertz CT molecular complexity index is 3660. The zero-order chi connectivity index (χ0) is 45.0. The molecule has 13 rings (SSSR count). The summed E-state index contributed by atoms with van der Waals surface area (Å²) in [5, 5.41) is 3.70. The Morgan fingerprint density at radius 3 is 1.98 bits per heavy atom. The fourth-order valence-corrected chi connectivity index (χ4v) is 13.0. The van der Waals surface area contributed by atoms with Crippen LogP contribution in [-0.2, 0) is 16.2 Å². The van der Waals surface area contributed by atoms with Crippen LogP contribution in [0.25, 0.3) is 64.5 Å². The van der Waals surface area contributed by atoms with Gasteiger partial charge < -0.3 is 9.23 Å². The van der Waals surface area contributed by atoms with Crippen molar-refractivity contribution in [3.05, 3.63) is 186 Å². The molecule has 3 aliphatic rings. The Labute approximate surface area is 392 Å². The molecule has 66 heavy (non-hydrogen) atoms. The highest BCUT2D eigenvalue weighted by molar-refractivity contribution is 7.26. The van der Waals surface area contributed by atoms with Gasteiger partial charge in [0.25, 0.3) is 0 Å². The third-order valence-corrected chi connectivity index (χ3v) is 16.2. The first-order valence-corrected chi connectivity index (χ1v) is 24.3. The van der Waals surface area contributed by atoms with Gasteiger partial charge in [-0.3, -0.25) is 4.90 Å². The maximum atomic E-state index is 7.40. The first-order chi connectivity index (χ1) is 31.8. The second kappa shape index (κ2) is 13.6. The van der Waals surface area contributed by atoms with Crippen LogP contribution in [0.2, 0.25) is 0 Å². The van der Waals surface area contributed by atoms with Crippen molar-refractivity contribution >= 4 is 88.9 Å². The second-order valence-electron chi connectivity index (χ2n) is 21.3. The molecule has 0 saturated heterocycles. The number of para-hydroxylation sites is 1. The monoisotopic (exact) mass is 870 g/mol. The lowest BCUT2D eigenvalue weighted by atomic mass is 9.43. The van der Waals surface area contributed by atoms with Crippen LogP contribution >= 0.6 is 11.3 Å². The molecule has 4 heterocycles. The molecule has 0 saturated carbocycles. The number of fused-ring (bicyclic) bond motifs is 14. The number of rotatable bonds is 3. The van der Waals surface area contributed by atoms with Crippen LogP contribution in [-0.4, -0.2) is 6.85 Å². The van der Waals surface area contributed by atoms with Crippen molar-refractivity contribution in [3.8, 4) is 33.4 Å². The van der Waals surface area contributed by atoms with Crippen LogP contribution in [0.1, 0.15) is 77.6 Å². The van der Waals surface area contributed by atoms with Gasteiger partial charge in [-0.2, -0.15) is 0 Å². The van der Waals surface area contributed by atoms with Gasteiger partial charge in [0.15, 0.2) is 0 Å². The molecule has 0 radical (unpaired) electrons. The van der Waals surface area contributed by atoms with Crippen molar-refractivity contribution in [2.45, 2.75) is 71.6 Å². The van der Waals surface area contributed by atoms with Crippen LogP contribution < -0.4 is 20.6 Å². The number of anilines is 5. The Hall–Kier alpha value is -6.82. The van der Waals surface area contributed by atoms with E-state index in [-0.39, 0.29) is 23.1 Å². The molecule has 8 aromatic carbocycles. The molecule has 5 heteroatoms. The highest BCUT2D eigenvalue weighted by Gasteiger charge is 2.52. The molecule has 2 aromatic heterocycles. The summed E-state index contributed by atoms with van der Waals surface area (Å²) in [6.45, 7) is 18.5. The zero-order valence-electron chi connectivity index (χ0n) is 38.9. The minimum absolute atomic E-state index is 0.00798. The molecular weight excluding hydrogens is 820 g/mol. The van der Waals surface area contributed by atoms with E-state index in [1.54, 1.807) is 0 Å². The molecule has 0 fully saturated rings. The van der Waals surface area contributed by atoms with Crippen molar-refractivity contribution in [2.75, 3.05) is 9.71 Å². The van der Waals surface area contributed by atoms with Gasteiger partial charge in [0.05, 0.1) is 5.69 Å². The first-order valence-electron chi connectivity index (χ1n) is 23.5. The molecule has 0 N–H and O–H groups in total. The predicted molar refractivity (Wildman–Crippen MR) is 283 cm³/mol. The lowest BCUT2D eigenvalue weighted by Gasteiger charge is -2.46. The van der Waals surface area contributed by atoms with Crippen molar-refractivity contribution in [1.29, 1.82) is 0 Å². The Morgan fingerprint density at radius 1 is 0.545 bits per heavy atom. The minimum atomic E-state index is -0.267. The summed E-state index contributed by atoms with van der Waals surface area (Å²) >= 11 is 1.94. The van der Waals surface area contributed by atoms with Crippen LogP contribution in [0.4, 0.5) is 28.6 Å². The van der Waals surface area contributed by atoms with Crippen molar-refractivity contribution in [3.63, 3.8) is 0 Å². The van der Waals surface area contributed by atoms with E-state index >= 15 is 0 Å². The molecule has 0 unspecified atom stereocenters. The Morgan fingerprint density at radius 2 is 1.21 bits per heavy atom. The molecule has 320 valence electrons. The maximum absolute atomic E-state index is 7.40.